The third-order valence-corrected chi connectivity index (χ3v) is 2.58. The van der Waals surface area contributed by atoms with Gasteiger partial charge in [-0.2, -0.15) is 0 Å². The molecule has 2 rings (SSSR count). The van der Waals surface area contributed by atoms with E-state index in [0.717, 1.165) is 0 Å². The Kier molecular flexibility index (Phi) is 3.41. The minimum absolute atomic E-state index is 0.171. The minimum Gasteiger partial charge on any atom is -0.461 e. The summed E-state index contributed by atoms with van der Waals surface area (Å²) in [5, 5.41) is 0. The van der Waals surface area contributed by atoms with Gasteiger partial charge in [-0.25, -0.2) is 14.2 Å². The fraction of sp³-hybridized carbons (Fsp3) is 0.231. The summed E-state index contributed by atoms with van der Waals surface area (Å²) >= 11 is 0. The molecule has 94 valence electrons. The lowest BCUT2D eigenvalue weighted by Crippen LogP contribution is -2.07. The number of aromatic amines is 1. The van der Waals surface area contributed by atoms with Crippen LogP contribution in [0, 0.1) is 12.7 Å². The number of nitrogens with zero attached hydrogens (tertiary/aromatic N) is 1. The van der Waals surface area contributed by atoms with Crippen LogP contribution in [0.2, 0.25) is 0 Å². The zero-order valence-electron chi connectivity index (χ0n) is 10.2. The third kappa shape index (κ3) is 2.11. The molecule has 0 unspecified atom stereocenters. The Hall–Kier alpha value is -2.17. The van der Waals surface area contributed by atoms with Crippen molar-refractivity contribution in [3.63, 3.8) is 0 Å². The van der Waals surface area contributed by atoms with Crippen LogP contribution in [-0.4, -0.2) is 22.5 Å². The van der Waals surface area contributed by atoms with E-state index in [1.807, 2.05) is 0 Å². The van der Waals surface area contributed by atoms with Crippen molar-refractivity contribution >= 4 is 5.97 Å². The fourth-order valence-corrected chi connectivity index (χ4v) is 1.77. The Bertz CT molecular complexity index is 558. The molecule has 1 aromatic heterocycles. The highest BCUT2D eigenvalue weighted by atomic mass is 19.1. The monoisotopic (exact) mass is 248 g/mol. The van der Waals surface area contributed by atoms with Crippen LogP contribution in [-0.2, 0) is 4.74 Å². The van der Waals surface area contributed by atoms with Crippen LogP contribution in [0.4, 0.5) is 4.39 Å². The molecule has 5 heteroatoms. The van der Waals surface area contributed by atoms with E-state index in [4.69, 9.17) is 4.74 Å². The summed E-state index contributed by atoms with van der Waals surface area (Å²) in [5.41, 5.74) is 1.49. The molecule has 1 N–H and O–H groups in total. The molecule has 0 bridgehead atoms. The Morgan fingerprint density at radius 2 is 2.28 bits per heavy atom. The maximum Gasteiger partial charge on any atom is 0.357 e. The number of carbonyl (C=O) groups excluding carboxylic acids is 1. The molecule has 18 heavy (non-hydrogen) atoms. The van der Waals surface area contributed by atoms with Gasteiger partial charge in [0, 0.05) is 5.56 Å². The number of H-pyrrole nitrogens is 1. The zero-order valence-corrected chi connectivity index (χ0v) is 10.2. The number of esters is 1. The number of hydrogen-bond donors (Lipinski definition) is 1. The van der Waals surface area contributed by atoms with E-state index in [9.17, 15) is 9.18 Å². The van der Waals surface area contributed by atoms with E-state index in [1.54, 1.807) is 26.0 Å². The van der Waals surface area contributed by atoms with Gasteiger partial charge in [-0.05, 0) is 25.5 Å². The Morgan fingerprint density at radius 3 is 2.94 bits per heavy atom. The van der Waals surface area contributed by atoms with Crippen LogP contribution in [0.25, 0.3) is 11.3 Å². The Balaban J connectivity index is 2.52. The van der Waals surface area contributed by atoms with Crippen molar-refractivity contribution in [2.45, 2.75) is 13.8 Å². The standard InChI is InChI=1S/C13H13FN2O2/c1-3-18-13(17)12-11(15-7-16-12)10-8(2)5-4-6-9(10)14/h4-7H,3H2,1-2H3,(H,15,16). The SMILES string of the molecule is CCOC(=O)c1[nH]cnc1-c1c(C)cccc1F. The average molecular weight is 248 g/mol. The number of halogens is 1. The number of aryl methyl sites for hydroxylation is 1. The maximum absolute atomic E-state index is 13.8. The smallest absolute Gasteiger partial charge is 0.357 e. The van der Waals surface area contributed by atoms with Crippen LogP contribution in [0.1, 0.15) is 23.0 Å². The molecule has 0 aliphatic carbocycles. The largest absolute Gasteiger partial charge is 0.461 e. The first-order valence-electron chi connectivity index (χ1n) is 5.61. The molecule has 0 saturated carbocycles. The van der Waals surface area contributed by atoms with E-state index in [0.29, 0.717) is 11.1 Å². The van der Waals surface area contributed by atoms with Crippen molar-refractivity contribution in [1.29, 1.82) is 0 Å². The lowest BCUT2D eigenvalue weighted by Gasteiger charge is -2.06. The predicted octanol–water partition coefficient (Wildman–Crippen LogP) is 2.70. The Labute approximate surface area is 104 Å². The number of imidazole rings is 1. The van der Waals surface area contributed by atoms with Gasteiger partial charge in [-0.3, -0.25) is 0 Å². The summed E-state index contributed by atoms with van der Waals surface area (Å²) in [6, 6.07) is 4.72. The van der Waals surface area contributed by atoms with Gasteiger partial charge in [-0.1, -0.05) is 12.1 Å². The van der Waals surface area contributed by atoms with Crippen LogP contribution in [0.5, 0.6) is 0 Å². The van der Waals surface area contributed by atoms with Gasteiger partial charge >= 0.3 is 5.97 Å². The molecule has 0 radical (unpaired) electrons. The molecule has 0 fully saturated rings. The number of rotatable bonds is 3. The Morgan fingerprint density at radius 1 is 1.50 bits per heavy atom. The first kappa shape index (κ1) is 12.3. The molecule has 1 aromatic carbocycles. The molecule has 1 heterocycles. The maximum atomic E-state index is 13.8. The van der Waals surface area contributed by atoms with Gasteiger partial charge < -0.3 is 9.72 Å². The second-order valence-corrected chi connectivity index (χ2v) is 3.78. The molecular formula is C13H13FN2O2. The topological polar surface area (TPSA) is 55.0 Å². The van der Waals surface area contributed by atoms with Crippen molar-refractivity contribution < 1.29 is 13.9 Å². The van der Waals surface area contributed by atoms with Crippen LogP contribution >= 0.6 is 0 Å². The van der Waals surface area contributed by atoms with E-state index < -0.39 is 11.8 Å². The molecule has 0 atom stereocenters. The van der Waals surface area contributed by atoms with Crippen molar-refractivity contribution in [3.8, 4) is 11.3 Å². The van der Waals surface area contributed by atoms with Gasteiger partial charge in [0.2, 0.25) is 0 Å². The number of carbonyl (C=O) groups is 1. The van der Waals surface area contributed by atoms with Gasteiger partial charge in [0.25, 0.3) is 0 Å². The van der Waals surface area contributed by atoms with E-state index in [-0.39, 0.29) is 18.0 Å². The van der Waals surface area contributed by atoms with Crippen molar-refractivity contribution in [3.05, 3.63) is 41.6 Å². The number of hydrogen-bond acceptors (Lipinski definition) is 3. The number of ether oxygens (including phenoxy) is 1. The molecule has 0 aliphatic rings. The van der Waals surface area contributed by atoms with Gasteiger partial charge in [0.15, 0.2) is 5.69 Å². The first-order valence-corrected chi connectivity index (χ1v) is 5.61. The predicted molar refractivity (Wildman–Crippen MR) is 64.7 cm³/mol. The lowest BCUT2D eigenvalue weighted by molar-refractivity contribution is 0.0521. The van der Waals surface area contributed by atoms with Gasteiger partial charge in [0.1, 0.15) is 11.5 Å². The molecule has 0 saturated heterocycles. The van der Waals surface area contributed by atoms with Crippen molar-refractivity contribution in [2.24, 2.45) is 0 Å². The second-order valence-electron chi connectivity index (χ2n) is 3.78. The van der Waals surface area contributed by atoms with Crippen LogP contribution in [0.15, 0.2) is 24.5 Å². The highest BCUT2D eigenvalue weighted by Gasteiger charge is 2.20. The molecule has 0 amide bonds. The normalized spacial score (nSPS) is 10.4. The second kappa shape index (κ2) is 5.00. The molecule has 4 nitrogen and oxygen atoms in total. The van der Waals surface area contributed by atoms with Crippen molar-refractivity contribution in [1.82, 2.24) is 9.97 Å². The van der Waals surface area contributed by atoms with Gasteiger partial charge in [0.05, 0.1) is 12.9 Å². The lowest BCUT2D eigenvalue weighted by atomic mass is 10.0. The summed E-state index contributed by atoms with van der Waals surface area (Å²) in [7, 11) is 0. The van der Waals surface area contributed by atoms with Crippen LogP contribution in [0.3, 0.4) is 0 Å². The molecule has 2 aromatic rings. The summed E-state index contributed by atoms with van der Waals surface area (Å²) in [6.07, 6.45) is 1.35. The first-order chi connectivity index (χ1) is 8.65. The fourth-order valence-electron chi connectivity index (χ4n) is 1.77. The zero-order chi connectivity index (χ0) is 13.1. The quantitative estimate of drug-likeness (QED) is 0.850. The van der Waals surface area contributed by atoms with Crippen LogP contribution < -0.4 is 0 Å². The highest BCUT2D eigenvalue weighted by molar-refractivity contribution is 5.94. The van der Waals surface area contributed by atoms with E-state index in [1.165, 1.54) is 12.4 Å². The van der Waals surface area contributed by atoms with Gasteiger partial charge in [-0.15, -0.1) is 0 Å². The number of aromatic nitrogens is 2. The number of nitrogens with one attached hydrogen (secondary N) is 1. The average Bonchev–Trinajstić information content (AvgIpc) is 2.78. The summed E-state index contributed by atoms with van der Waals surface area (Å²) in [4.78, 5) is 18.4. The highest BCUT2D eigenvalue weighted by Crippen LogP contribution is 2.27. The minimum atomic E-state index is -0.535. The summed E-state index contributed by atoms with van der Waals surface area (Å²) in [6.45, 7) is 3.73. The third-order valence-electron chi connectivity index (χ3n) is 2.58. The summed E-state index contributed by atoms with van der Waals surface area (Å²) < 4.78 is 18.7. The molecule has 0 aliphatic heterocycles. The molecule has 0 spiro atoms. The molecular weight excluding hydrogens is 235 g/mol. The van der Waals surface area contributed by atoms with E-state index in [2.05, 4.69) is 9.97 Å². The van der Waals surface area contributed by atoms with E-state index >= 15 is 0 Å². The van der Waals surface area contributed by atoms with Crippen molar-refractivity contribution in [2.75, 3.05) is 6.61 Å². The summed E-state index contributed by atoms with van der Waals surface area (Å²) in [5.74, 6) is -0.944. The number of benzene rings is 1.